The molecule has 2 aromatic carbocycles. The van der Waals surface area contributed by atoms with Gasteiger partial charge in [0.15, 0.2) is 0 Å². The Labute approximate surface area is 87.2 Å². The van der Waals surface area contributed by atoms with Crippen LogP contribution in [0, 0.1) is 6.92 Å². The summed E-state index contributed by atoms with van der Waals surface area (Å²) in [5.41, 5.74) is 3.04. The van der Waals surface area contributed by atoms with Gasteiger partial charge in [0.1, 0.15) is 5.75 Å². The second kappa shape index (κ2) is 2.76. The zero-order valence-electron chi connectivity index (χ0n) is 8.41. The number of phenols is 1. The Kier molecular flexibility index (Phi) is 1.54. The standard InChI is InChI=1S/C13H11NO/c1-8-12(15)7-6-10-9-4-2-3-5-11(9)14-13(8)10/h2-7,14-15H,1H3. The van der Waals surface area contributed by atoms with Gasteiger partial charge in [0.05, 0.1) is 5.52 Å². The Hall–Kier alpha value is -1.96. The van der Waals surface area contributed by atoms with Crippen molar-refractivity contribution in [3.8, 4) is 5.75 Å². The zero-order chi connectivity index (χ0) is 10.4. The van der Waals surface area contributed by atoms with E-state index in [9.17, 15) is 5.11 Å². The number of aryl methyl sites for hydroxylation is 1. The van der Waals surface area contributed by atoms with Crippen LogP contribution in [0.1, 0.15) is 5.56 Å². The first-order valence-electron chi connectivity index (χ1n) is 4.96. The molecule has 0 aliphatic heterocycles. The molecule has 2 nitrogen and oxygen atoms in total. The van der Waals surface area contributed by atoms with Crippen LogP contribution in [0.2, 0.25) is 0 Å². The summed E-state index contributed by atoms with van der Waals surface area (Å²) in [4.78, 5) is 3.33. The van der Waals surface area contributed by atoms with Gasteiger partial charge < -0.3 is 10.1 Å². The number of nitrogens with one attached hydrogen (secondary N) is 1. The van der Waals surface area contributed by atoms with Gasteiger partial charge in [-0.05, 0) is 25.1 Å². The van der Waals surface area contributed by atoms with Gasteiger partial charge in [0.25, 0.3) is 0 Å². The first-order valence-corrected chi connectivity index (χ1v) is 4.96. The van der Waals surface area contributed by atoms with Gasteiger partial charge in [-0.2, -0.15) is 0 Å². The molecule has 0 atom stereocenters. The van der Waals surface area contributed by atoms with Crippen LogP contribution in [0.15, 0.2) is 36.4 Å². The number of fused-ring (bicyclic) bond motifs is 3. The molecule has 15 heavy (non-hydrogen) atoms. The van der Waals surface area contributed by atoms with Crippen LogP contribution in [0.4, 0.5) is 0 Å². The highest BCUT2D eigenvalue weighted by Gasteiger charge is 2.07. The first kappa shape index (κ1) is 8.36. The molecule has 74 valence electrons. The molecule has 0 saturated carbocycles. The minimum absolute atomic E-state index is 0.342. The van der Waals surface area contributed by atoms with Crippen molar-refractivity contribution in [3.63, 3.8) is 0 Å². The minimum Gasteiger partial charge on any atom is -0.508 e. The highest BCUT2D eigenvalue weighted by atomic mass is 16.3. The highest BCUT2D eigenvalue weighted by Crippen LogP contribution is 2.31. The summed E-state index contributed by atoms with van der Waals surface area (Å²) in [6.07, 6.45) is 0. The maximum absolute atomic E-state index is 9.62. The van der Waals surface area contributed by atoms with Crippen molar-refractivity contribution in [2.24, 2.45) is 0 Å². The third kappa shape index (κ3) is 1.05. The van der Waals surface area contributed by atoms with E-state index in [-0.39, 0.29) is 0 Å². The Bertz CT molecular complexity index is 652. The monoisotopic (exact) mass is 197 g/mol. The van der Waals surface area contributed by atoms with E-state index >= 15 is 0 Å². The molecule has 0 aliphatic rings. The average Bonchev–Trinajstić information content (AvgIpc) is 2.63. The third-order valence-corrected chi connectivity index (χ3v) is 2.91. The van der Waals surface area contributed by atoms with Gasteiger partial charge in [-0.15, -0.1) is 0 Å². The molecule has 0 amide bonds. The molecular weight excluding hydrogens is 186 g/mol. The molecular formula is C13H11NO. The number of aromatic amines is 1. The van der Waals surface area contributed by atoms with Crippen LogP contribution in [-0.4, -0.2) is 10.1 Å². The second-order valence-electron chi connectivity index (χ2n) is 3.80. The molecule has 0 fully saturated rings. The lowest BCUT2D eigenvalue weighted by Crippen LogP contribution is -1.76. The smallest absolute Gasteiger partial charge is 0.120 e. The van der Waals surface area contributed by atoms with E-state index in [0.717, 1.165) is 16.6 Å². The summed E-state index contributed by atoms with van der Waals surface area (Å²) in [7, 11) is 0. The van der Waals surface area contributed by atoms with Crippen molar-refractivity contribution in [3.05, 3.63) is 42.0 Å². The topological polar surface area (TPSA) is 36.0 Å². The summed E-state index contributed by atoms with van der Waals surface area (Å²) >= 11 is 0. The molecule has 2 N–H and O–H groups in total. The Morgan fingerprint density at radius 2 is 1.80 bits per heavy atom. The Morgan fingerprint density at radius 3 is 2.67 bits per heavy atom. The van der Waals surface area contributed by atoms with Crippen LogP contribution >= 0.6 is 0 Å². The minimum atomic E-state index is 0.342. The van der Waals surface area contributed by atoms with Gasteiger partial charge in [-0.25, -0.2) is 0 Å². The fourth-order valence-electron chi connectivity index (χ4n) is 2.05. The van der Waals surface area contributed by atoms with Gasteiger partial charge >= 0.3 is 0 Å². The first-order chi connectivity index (χ1) is 7.27. The van der Waals surface area contributed by atoms with E-state index < -0.39 is 0 Å². The molecule has 0 radical (unpaired) electrons. The summed E-state index contributed by atoms with van der Waals surface area (Å²) in [6.45, 7) is 1.92. The van der Waals surface area contributed by atoms with Crippen molar-refractivity contribution in [1.82, 2.24) is 4.98 Å². The lowest BCUT2D eigenvalue weighted by molar-refractivity contribution is 0.472. The number of aromatic nitrogens is 1. The number of hydrogen-bond acceptors (Lipinski definition) is 1. The molecule has 2 heteroatoms. The SMILES string of the molecule is Cc1c(O)ccc2c1[nH]c1ccccc12. The predicted octanol–water partition coefficient (Wildman–Crippen LogP) is 3.34. The molecule has 0 spiro atoms. The Balaban J connectivity index is 2.60. The number of aromatic hydroxyl groups is 1. The van der Waals surface area contributed by atoms with Crippen molar-refractivity contribution >= 4 is 21.8 Å². The summed E-state index contributed by atoms with van der Waals surface area (Å²) in [6, 6.07) is 11.9. The number of H-pyrrole nitrogens is 1. The van der Waals surface area contributed by atoms with Crippen LogP contribution in [0.25, 0.3) is 21.8 Å². The molecule has 0 bridgehead atoms. The van der Waals surface area contributed by atoms with Gasteiger partial charge in [0, 0.05) is 21.9 Å². The fourth-order valence-corrected chi connectivity index (χ4v) is 2.05. The maximum Gasteiger partial charge on any atom is 0.120 e. The van der Waals surface area contributed by atoms with Crippen molar-refractivity contribution < 1.29 is 5.11 Å². The summed E-state index contributed by atoms with van der Waals surface area (Å²) in [5, 5.41) is 12.0. The number of phenolic OH excluding ortho intramolecular Hbond substituents is 1. The van der Waals surface area contributed by atoms with E-state index in [0.29, 0.717) is 5.75 Å². The lowest BCUT2D eigenvalue weighted by Gasteiger charge is -1.98. The van der Waals surface area contributed by atoms with Crippen LogP contribution in [0.3, 0.4) is 0 Å². The largest absolute Gasteiger partial charge is 0.508 e. The maximum atomic E-state index is 9.62. The van der Waals surface area contributed by atoms with Crippen LogP contribution in [0.5, 0.6) is 5.75 Å². The second-order valence-corrected chi connectivity index (χ2v) is 3.80. The van der Waals surface area contributed by atoms with E-state index in [1.165, 1.54) is 10.8 Å². The molecule has 0 aliphatic carbocycles. The van der Waals surface area contributed by atoms with Gasteiger partial charge in [0.2, 0.25) is 0 Å². The van der Waals surface area contributed by atoms with Gasteiger partial charge in [-0.1, -0.05) is 18.2 Å². The van der Waals surface area contributed by atoms with Crippen molar-refractivity contribution in [1.29, 1.82) is 0 Å². The molecule has 3 aromatic rings. The van der Waals surface area contributed by atoms with E-state index in [4.69, 9.17) is 0 Å². The molecule has 0 unspecified atom stereocenters. The summed E-state index contributed by atoms with van der Waals surface area (Å²) < 4.78 is 0. The molecule has 1 heterocycles. The fraction of sp³-hybridized carbons (Fsp3) is 0.0769. The normalized spacial score (nSPS) is 11.3. The number of rotatable bonds is 0. The van der Waals surface area contributed by atoms with Crippen LogP contribution in [-0.2, 0) is 0 Å². The van der Waals surface area contributed by atoms with Crippen molar-refractivity contribution in [2.45, 2.75) is 6.92 Å². The quantitative estimate of drug-likeness (QED) is 0.569. The average molecular weight is 197 g/mol. The lowest BCUT2D eigenvalue weighted by atomic mass is 10.1. The number of para-hydroxylation sites is 1. The molecule has 1 aromatic heterocycles. The van der Waals surface area contributed by atoms with E-state index in [2.05, 4.69) is 11.1 Å². The highest BCUT2D eigenvalue weighted by molar-refractivity contribution is 6.08. The zero-order valence-corrected chi connectivity index (χ0v) is 8.41. The number of hydrogen-bond donors (Lipinski definition) is 2. The third-order valence-electron chi connectivity index (χ3n) is 2.91. The van der Waals surface area contributed by atoms with Gasteiger partial charge in [-0.3, -0.25) is 0 Å². The molecule has 3 rings (SSSR count). The van der Waals surface area contributed by atoms with E-state index in [1.807, 2.05) is 31.2 Å². The Morgan fingerprint density at radius 1 is 1.00 bits per heavy atom. The van der Waals surface area contributed by atoms with E-state index in [1.54, 1.807) is 6.07 Å². The van der Waals surface area contributed by atoms with Crippen molar-refractivity contribution in [2.75, 3.05) is 0 Å². The molecule has 0 saturated heterocycles. The number of benzene rings is 2. The van der Waals surface area contributed by atoms with Crippen LogP contribution < -0.4 is 0 Å². The predicted molar refractivity (Wildman–Crippen MR) is 62.2 cm³/mol. The summed E-state index contributed by atoms with van der Waals surface area (Å²) in [5.74, 6) is 0.342.